The summed E-state index contributed by atoms with van der Waals surface area (Å²) in [5.74, 6) is -1.32. The third-order valence-corrected chi connectivity index (χ3v) is 8.60. The van der Waals surface area contributed by atoms with Crippen molar-refractivity contribution in [2.75, 3.05) is 25.2 Å². The van der Waals surface area contributed by atoms with Gasteiger partial charge in [0.2, 0.25) is 0 Å². The molecule has 0 aliphatic carbocycles. The molecule has 0 atom stereocenters. The highest BCUT2D eigenvalue weighted by Crippen LogP contribution is 2.43. The van der Waals surface area contributed by atoms with Crippen LogP contribution in [-0.4, -0.2) is 66.2 Å². The summed E-state index contributed by atoms with van der Waals surface area (Å²) in [5, 5.41) is 5.80. The maximum absolute atomic E-state index is 14.5. The molecular formula is C25H41N4O10PS2. The zero-order valence-electron chi connectivity index (χ0n) is 25.5. The van der Waals surface area contributed by atoms with Crippen molar-refractivity contribution >= 4 is 57.3 Å². The van der Waals surface area contributed by atoms with E-state index in [1.54, 1.807) is 34.6 Å². The highest BCUT2D eigenvalue weighted by atomic mass is 32.2. The summed E-state index contributed by atoms with van der Waals surface area (Å²) in [5.41, 5.74) is 2.46. The quantitative estimate of drug-likeness (QED) is 0.118. The average Bonchev–Trinajstić information content (AvgIpc) is 3.43. The fourth-order valence-electron chi connectivity index (χ4n) is 3.26. The van der Waals surface area contributed by atoms with Crippen molar-refractivity contribution in [1.82, 2.24) is 15.2 Å². The van der Waals surface area contributed by atoms with Crippen molar-refractivity contribution in [3.05, 3.63) is 17.0 Å². The van der Waals surface area contributed by atoms with Gasteiger partial charge in [-0.2, -0.15) is 8.42 Å². The van der Waals surface area contributed by atoms with E-state index in [1.807, 2.05) is 0 Å². The van der Waals surface area contributed by atoms with E-state index in [0.717, 1.165) is 11.3 Å². The van der Waals surface area contributed by atoms with Gasteiger partial charge >= 0.3 is 11.9 Å². The summed E-state index contributed by atoms with van der Waals surface area (Å²) < 4.78 is 56.5. The Balaban J connectivity index is 0.00000162. The Labute approximate surface area is 250 Å². The van der Waals surface area contributed by atoms with Crippen molar-refractivity contribution in [2.24, 2.45) is 5.41 Å². The molecule has 2 aromatic heterocycles. The number of hydrogen-bond acceptors (Lipinski definition) is 12. The highest BCUT2D eigenvalue weighted by molar-refractivity contribution is 7.85. The van der Waals surface area contributed by atoms with Crippen LogP contribution in [0.3, 0.4) is 0 Å². The van der Waals surface area contributed by atoms with E-state index in [4.69, 9.17) is 24.2 Å². The number of Topliss-reactive ketones (excluding diaryl/α,β-unsaturated/α-hetero) is 1. The molecular weight excluding hydrogens is 611 g/mol. The van der Waals surface area contributed by atoms with E-state index in [1.165, 1.54) is 39.8 Å². The Morgan fingerprint density at radius 3 is 1.81 bits per heavy atom. The summed E-state index contributed by atoms with van der Waals surface area (Å²) in [6, 6.07) is 2.94. The zero-order chi connectivity index (χ0) is 32.9. The third-order valence-electron chi connectivity index (χ3n) is 5.11. The summed E-state index contributed by atoms with van der Waals surface area (Å²) >= 11 is 1.03. The van der Waals surface area contributed by atoms with Crippen molar-refractivity contribution in [2.45, 2.75) is 73.4 Å². The first-order valence-corrected chi connectivity index (χ1v) is 17.1. The molecule has 2 rings (SSSR count). The molecule has 0 radical (unpaired) electrons. The zero-order valence-corrected chi connectivity index (χ0v) is 28.0. The molecule has 0 unspecified atom stereocenters. The molecule has 0 saturated heterocycles. The average molecular weight is 653 g/mol. The number of ketones is 1. The number of ether oxygens (including phenoxy) is 2. The first kappa shape index (κ1) is 37.4. The number of aromatic nitrogens is 1. The van der Waals surface area contributed by atoms with Crippen LogP contribution >= 0.6 is 18.8 Å². The lowest BCUT2D eigenvalue weighted by atomic mass is 9.89. The standard InChI is InChI=1S/C24H37N4O7PS.CH4O3S/c1-10-33-19(30)23(6,7)27-36(32,28-24(8,9)20(31)34-11-2)15-13-12-14(35-15)16-17(37-21(25)26-16)18(29)22(3,4)5;1-5(2,3)4/h12-13H,10-11H2,1-9H3,(H2,25,26)(H2,27,28,32);1H3,(H,2,3,4). The number of esters is 2. The van der Waals surface area contributed by atoms with Crippen LogP contribution < -0.4 is 21.4 Å². The minimum Gasteiger partial charge on any atom is -0.465 e. The van der Waals surface area contributed by atoms with E-state index in [-0.39, 0.29) is 41.1 Å². The molecule has 0 bridgehead atoms. The maximum atomic E-state index is 14.5. The molecule has 17 heteroatoms. The number of carbonyl (C=O) groups is 3. The first-order chi connectivity index (χ1) is 18.9. The lowest BCUT2D eigenvalue weighted by molar-refractivity contribution is -0.149. The van der Waals surface area contributed by atoms with Gasteiger partial charge in [0, 0.05) is 5.41 Å². The molecule has 5 N–H and O–H groups in total. The van der Waals surface area contributed by atoms with Crippen molar-refractivity contribution in [3.8, 4) is 11.5 Å². The number of nitrogens with zero attached hydrogens (tertiary/aromatic N) is 1. The van der Waals surface area contributed by atoms with Gasteiger partial charge in [0.25, 0.3) is 17.6 Å². The van der Waals surface area contributed by atoms with E-state index in [9.17, 15) is 27.4 Å². The van der Waals surface area contributed by atoms with E-state index >= 15 is 0 Å². The third kappa shape index (κ3) is 10.6. The summed E-state index contributed by atoms with van der Waals surface area (Å²) in [6.45, 7) is 14.9. The molecule has 0 fully saturated rings. The summed E-state index contributed by atoms with van der Waals surface area (Å²) in [6.07, 6.45) is 0.715. The molecule has 0 aliphatic rings. The van der Waals surface area contributed by atoms with Gasteiger partial charge in [0.15, 0.2) is 22.2 Å². The molecule has 2 aromatic rings. The molecule has 0 aliphatic heterocycles. The van der Waals surface area contributed by atoms with Gasteiger partial charge in [0.1, 0.15) is 21.6 Å². The van der Waals surface area contributed by atoms with Crippen LogP contribution in [0, 0.1) is 5.41 Å². The Morgan fingerprint density at radius 1 is 1.00 bits per heavy atom. The second-order valence-electron chi connectivity index (χ2n) is 11.2. The Bertz CT molecular complexity index is 1400. The van der Waals surface area contributed by atoms with Crippen molar-refractivity contribution in [3.63, 3.8) is 0 Å². The number of thiazole rings is 1. The molecule has 14 nitrogen and oxygen atoms in total. The van der Waals surface area contributed by atoms with Crippen molar-refractivity contribution in [1.29, 1.82) is 0 Å². The number of carbonyl (C=O) groups excluding carboxylic acids is 3. The molecule has 42 heavy (non-hydrogen) atoms. The second-order valence-corrected chi connectivity index (χ2v) is 15.8. The van der Waals surface area contributed by atoms with E-state index in [2.05, 4.69) is 15.2 Å². The van der Waals surface area contributed by atoms with Crippen LogP contribution in [0.4, 0.5) is 5.13 Å². The molecule has 0 aromatic carbocycles. The van der Waals surface area contributed by atoms with Crippen LogP contribution in [0.5, 0.6) is 0 Å². The number of hydrogen-bond donors (Lipinski definition) is 4. The molecule has 0 amide bonds. The van der Waals surface area contributed by atoms with Gasteiger partial charge in [-0.1, -0.05) is 32.1 Å². The molecule has 0 saturated carbocycles. The predicted molar refractivity (Wildman–Crippen MR) is 160 cm³/mol. The van der Waals surface area contributed by atoms with Gasteiger partial charge in [-0.15, -0.1) is 0 Å². The van der Waals surface area contributed by atoms with Crippen LogP contribution in [0.2, 0.25) is 0 Å². The van der Waals surface area contributed by atoms with Gasteiger partial charge in [-0.05, 0) is 53.7 Å². The smallest absolute Gasteiger partial charge is 0.326 e. The van der Waals surface area contributed by atoms with Crippen LogP contribution in [0.25, 0.3) is 11.5 Å². The topological polar surface area (TPSA) is 217 Å². The Morgan fingerprint density at radius 2 is 1.43 bits per heavy atom. The SMILES string of the molecule is CCOC(=O)C(C)(C)NP(=O)(NC(C)(C)C(=O)OCC)c1ccc(-c2nc(N)sc2C(=O)C(C)(C)C)o1.CS(=O)(=O)O. The van der Waals surface area contributed by atoms with Crippen LogP contribution in [0.1, 0.15) is 72.0 Å². The van der Waals surface area contributed by atoms with Gasteiger partial charge in [0.05, 0.1) is 19.5 Å². The molecule has 2 heterocycles. The largest absolute Gasteiger partial charge is 0.465 e. The minimum absolute atomic E-state index is 0.0991. The fourth-order valence-corrected chi connectivity index (χ4v) is 6.79. The second kappa shape index (κ2) is 13.8. The van der Waals surface area contributed by atoms with Gasteiger partial charge in [-0.25, -0.2) is 15.2 Å². The number of furan rings is 1. The molecule has 238 valence electrons. The van der Waals surface area contributed by atoms with Gasteiger partial charge in [-0.3, -0.25) is 23.5 Å². The normalized spacial score (nSPS) is 12.7. The minimum atomic E-state index is -4.04. The predicted octanol–water partition coefficient (Wildman–Crippen LogP) is 3.40. The van der Waals surface area contributed by atoms with Crippen LogP contribution in [0.15, 0.2) is 16.5 Å². The number of nitrogens with one attached hydrogen (secondary N) is 2. The van der Waals surface area contributed by atoms with Crippen LogP contribution in [-0.2, 0) is 33.7 Å². The number of nitrogen functional groups attached to an aromatic ring is 1. The number of nitrogens with two attached hydrogens (primary N) is 1. The van der Waals surface area contributed by atoms with Crippen molar-refractivity contribution < 1.29 is 45.8 Å². The highest BCUT2D eigenvalue weighted by Gasteiger charge is 2.45. The fraction of sp³-hybridized carbons (Fsp3) is 0.600. The van der Waals surface area contributed by atoms with Gasteiger partial charge < -0.3 is 19.6 Å². The number of rotatable bonds is 11. The summed E-state index contributed by atoms with van der Waals surface area (Å²) in [7, 11) is -7.71. The maximum Gasteiger partial charge on any atom is 0.326 e. The summed E-state index contributed by atoms with van der Waals surface area (Å²) in [4.78, 5) is 42.8. The van der Waals surface area contributed by atoms with E-state index in [0.29, 0.717) is 11.1 Å². The lowest BCUT2D eigenvalue weighted by Gasteiger charge is -2.34. The first-order valence-electron chi connectivity index (χ1n) is 12.8. The monoisotopic (exact) mass is 652 g/mol. The molecule has 0 spiro atoms. The Kier molecular flexibility index (Phi) is 12.3. The Hall–Kier alpha value is -2.62. The van der Waals surface area contributed by atoms with E-state index < -0.39 is 46.0 Å². The number of anilines is 1. The lowest BCUT2D eigenvalue weighted by Crippen LogP contribution is -2.55.